The predicted molar refractivity (Wildman–Crippen MR) is 65.8 cm³/mol. The van der Waals surface area contributed by atoms with Crippen molar-refractivity contribution in [2.24, 2.45) is 10.9 Å². The average molecular weight is 231 g/mol. The van der Waals surface area contributed by atoms with Gasteiger partial charge >= 0.3 is 0 Å². The summed E-state index contributed by atoms with van der Waals surface area (Å²) in [6.07, 6.45) is 3.17. The van der Waals surface area contributed by atoms with Crippen LogP contribution in [0.5, 0.6) is 0 Å². The van der Waals surface area contributed by atoms with E-state index in [0.29, 0.717) is 6.10 Å². The maximum Gasteiger partial charge on any atom is 0.156 e. The highest BCUT2D eigenvalue weighted by Crippen LogP contribution is 1.96. The van der Waals surface area contributed by atoms with E-state index >= 15 is 0 Å². The maximum atomic E-state index is 8.54. The van der Waals surface area contributed by atoms with Crippen LogP contribution in [0.15, 0.2) is 5.16 Å². The molecule has 0 spiro atoms. The second-order valence-corrected chi connectivity index (χ2v) is 4.07. The molecule has 0 aromatic heterocycles. The first-order valence-electron chi connectivity index (χ1n) is 5.94. The van der Waals surface area contributed by atoms with Crippen LogP contribution in [-0.4, -0.2) is 36.3 Å². The van der Waals surface area contributed by atoms with Gasteiger partial charge in [-0.05, 0) is 39.7 Å². The molecule has 0 aliphatic heterocycles. The van der Waals surface area contributed by atoms with Crippen LogP contribution in [0.25, 0.3) is 0 Å². The Labute approximate surface area is 98.0 Å². The van der Waals surface area contributed by atoms with Gasteiger partial charge in [0, 0.05) is 6.61 Å². The lowest BCUT2D eigenvalue weighted by Gasteiger charge is -2.15. The number of rotatable bonds is 9. The summed E-state index contributed by atoms with van der Waals surface area (Å²) in [6.45, 7) is 7.71. The van der Waals surface area contributed by atoms with Crippen molar-refractivity contribution < 1.29 is 9.94 Å². The molecule has 0 radical (unpaired) electrons. The molecule has 0 heterocycles. The molecule has 0 aliphatic carbocycles. The fourth-order valence-corrected chi connectivity index (χ4v) is 1.35. The number of ether oxygens (including phenoxy) is 1. The summed E-state index contributed by atoms with van der Waals surface area (Å²) in [5, 5.41) is 14.8. The lowest BCUT2D eigenvalue weighted by atomic mass is 10.2. The fraction of sp³-hybridized carbons (Fsp3) is 0.909. The maximum absolute atomic E-state index is 8.54. The third-order valence-corrected chi connectivity index (χ3v) is 2.29. The van der Waals surface area contributed by atoms with E-state index in [2.05, 4.69) is 10.5 Å². The zero-order chi connectivity index (χ0) is 12.4. The van der Waals surface area contributed by atoms with Gasteiger partial charge < -0.3 is 21.0 Å². The van der Waals surface area contributed by atoms with Gasteiger partial charge in [-0.2, -0.15) is 0 Å². The van der Waals surface area contributed by atoms with Crippen molar-refractivity contribution in [1.82, 2.24) is 5.32 Å². The topological polar surface area (TPSA) is 79.9 Å². The van der Waals surface area contributed by atoms with Crippen LogP contribution < -0.4 is 11.1 Å². The standard InChI is InChI=1S/C11H25N3O2/c1-4-10(11(12)14-15)13-7-5-6-8-16-9(2)3/h9-10,13,15H,4-8H2,1-3H3,(H2,12,14). The zero-order valence-corrected chi connectivity index (χ0v) is 10.6. The van der Waals surface area contributed by atoms with Crippen molar-refractivity contribution >= 4 is 5.84 Å². The highest BCUT2D eigenvalue weighted by atomic mass is 16.5. The van der Waals surface area contributed by atoms with Gasteiger partial charge in [-0.15, -0.1) is 0 Å². The van der Waals surface area contributed by atoms with E-state index in [0.717, 1.165) is 32.4 Å². The first-order valence-corrected chi connectivity index (χ1v) is 5.94. The Morgan fingerprint density at radius 1 is 1.44 bits per heavy atom. The largest absolute Gasteiger partial charge is 0.409 e. The summed E-state index contributed by atoms with van der Waals surface area (Å²) in [5.41, 5.74) is 5.52. The minimum Gasteiger partial charge on any atom is -0.409 e. The number of unbranched alkanes of at least 4 members (excludes halogenated alkanes) is 1. The van der Waals surface area contributed by atoms with Crippen molar-refractivity contribution in [1.29, 1.82) is 0 Å². The van der Waals surface area contributed by atoms with Gasteiger partial charge in [0.15, 0.2) is 5.84 Å². The molecule has 4 N–H and O–H groups in total. The van der Waals surface area contributed by atoms with E-state index in [4.69, 9.17) is 15.7 Å². The first-order chi connectivity index (χ1) is 7.61. The summed E-state index contributed by atoms with van der Waals surface area (Å²) in [7, 11) is 0. The van der Waals surface area contributed by atoms with Crippen LogP contribution in [0.2, 0.25) is 0 Å². The lowest BCUT2D eigenvalue weighted by Crippen LogP contribution is -2.41. The Morgan fingerprint density at radius 2 is 2.12 bits per heavy atom. The van der Waals surface area contributed by atoms with E-state index < -0.39 is 0 Å². The molecule has 0 amide bonds. The van der Waals surface area contributed by atoms with Crippen molar-refractivity contribution in [3.8, 4) is 0 Å². The van der Waals surface area contributed by atoms with Crippen LogP contribution >= 0.6 is 0 Å². The molecule has 16 heavy (non-hydrogen) atoms. The third-order valence-electron chi connectivity index (χ3n) is 2.29. The minimum absolute atomic E-state index is 0.0315. The van der Waals surface area contributed by atoms with E-state index in [1.54, 1.807) is 0 Å². The van der Waals surface area contributed by atoms with Crippen LogP contribution in [0.4, 0.5) is 0 Å². The number of nitrogens with one attached hydrogen (secondary N) is 1. The van der Waals surface area contributed by atoms with Gasteiger partial charge in [-0.3, -0.25) is 0 Å². The van der Waals surface area contributed by atoms with E-state index in [1.165, 1.54) is 0 Å². The van der Waals surface area contributed by atoms with Crippen LogP contribution in [0, 0.1) is 0 Å². The number of amidine groups is 1. The quantitative estimate of drug-likeness (QED) is 0.184. The van der Waals surface area contributed by atoms with Gasteiger partial charge in [-0.1, -0.05) is 12.1 Å². The van der Waals surface area contributed by atoms with Crippen molar-refractivity contribution in [3.05, 3.63) is 0 Å². The second kappa shape index (κ2) is 9.42. The molecule has 5 nitrogen and oxygen atoms in total. The molecule has 1 unspecified atom stereocenters. The summed E-state index contributed by atoms with van der Waals surface area (Å²) >= 11 is 0. The fourth-order valence-electron chi connectivity index (χ4n) is 1.35. The van der Waals surface area contributed by atoms with Crippen LogP contribution in [0.1, 0.15) is 40.0 Å². The summed E-state index contributed by atoms with van der Waals surface area (Å²) in [6, 6.07) is -0.0315. The number of hydrogen-bond donors (Lipinski definition) is 3. The van der Waals surface area contributed by atoms with Gasteiger partial charge in [0.1, 0.15) is 0 Å². The first kappa shape index (κ1) is 15.2. The molecule has 0 aromatic rings. The van der Waals surface area contributed by atoms with Crippen molar-refractivity contribution in [2.75, 3.05) is 13.2 Å². The molecule has 0 aliphatic rings. The van der Waals surface area contributed by atoms with E-state index in [-0.39, 0.29) is 11.9 Å². The van der Waals surface area contributed by atoms with E-state index in [1.807, 2.05) is 20.8 Å². The van der Waals surface area contributed by atoms with Crippen LogP contribution in [0.3, 0.4) is 0 Å². The smallest absolute Gasteiger partial charge is 0.156 e. The lowest BCUT2D eigenvalue weighted by molar-refractivity contribution is 0.0760. The Kier molecular flexibility index (Phi) is 8.94. The molecule has 0 saturated carbocycles. The van der Waals surface area contributed by atoms with E-state index in [9.17, 15) is 0 Å². The predicted octanol–water partition coefficient (Wildman–Crippen LogP) is 1.31. The molecule has 5 heteroatoms. The molecule has 1 atom stereocenters. The Balaban J connectivity index is 3.49. The normalized spacial score (nSPS) is 14.4. The Morgan fingerprint density at radius 3 is 2.62 bits per heavy atom. The summed E-state index contributed by atoms with van der Waals surface area (Å²) in [5.74, 6) is 0.251. The molecule has 0 aromatic carbocycles. The monoisotopic (exact) mass is 231 g/mol. The van der Waals surface area contributed by atoms with Crippen molar-refractivity contribution in [2.45, 2.75) is 52.2 Å². The number of nitrogens with zero attached hydrogens (tertiary/aromatic N) is 1. The zero-order valence-electron chi connectivity index (χ0n) is 10.6. The van der Waals surface area contributed by atoms with Gasteiger partial charge in [0.2, 0.25) is 0 Å². The summed E-state index contributed by atoms with van der Waals surface area (Å²) in [4.78, 5) is 0. The third kappa shape index (κ3) is 7.48. The highest BCUT2D eigenvalue weighted by molar-refractivity contribution is 5.85. The van der Waals surface area contributed by atoms with Gasteiger partial charge in [0.05, 0.1) is 12.1 Å². The van der Waals surface area contributed by atoms with Crippen LogP contribution in [-0.2, 0) is 4.74 Å². The second-order valence-electron chi connectivity index (χ2n) is 4.07. The molecular weight excluding hydrogens is 206 g/mol. The average Bonchev–Trinajstić information content (AvgIpc) is 2.27. The molecule has 0 rings (SSSR count). The highest BCUT2D eigenvalue weighted by Gasteiger charge is 2.09. The summed E-state index contributed by atoms with van der Waals surface area (Å²) < 4.78 is 5.43. The molecule has 0 fully saturated rings. The number of nitrogens with two attached hydrogens (primary N) is 1. The molecule has 96 valence electrons. The minimum atomic E-state index is -0.0315. The molecular formula is C11H25N3O2. The van der Waals surface area contributed by atoms with Gasteiger partial charge in [-0.25, -0.2) is 0 Å². The molecule has 0 bridgehead atoms. The van der Waals surface area contributed by atoms with Gasteiger partial charge in [0.25, 0.3) is 0 Å². The SMILES string of the molecule is CCC(NCCCCOC(C)C)C(N)=NO. The molecule has 0 saturated heterocycles. The Bertz CT molecular complexity index is 196. The number of hydrogen-bond acceptors (Lipinski definition) is 4. The van der Waals surface area contributed by atoms with Crippen molar-refractivity contribution in [3.63, 3.8) is 0 Å². The Hall–Kier alpha value is -0.810. The number of oxime groups is 1.